The van der Waals surface area contributed by atoms with Crippen LogP contribution in [0, 0.1) is 5.92 Å². The molecule has 4 rings (SSSR count). The Kier molecular flexibility index (Phi) is 16.8. The number of benzene rings is 2. The van der Waals surface area contributed by atoms with Gasteiger partial charge in [0.05, 0.1) is 59.8 Å². The summed E-state index contributed by atoms with van der Waals surface area (Å²) in [6, 6.07) is 10.8. The van der Waals surface area contributed by atoms with Crippen LogP contribution in [0.15, 0.2) is 61.7 Å². The maximum atomic E-state index is 14.9. The summed E-state index contributed by atoms with van der Waals surface area (Å²) in [7, 11) is 4.80. The highest BCUT2D eigenvalue weighted by Crippen LogP contribution is 2.45. The lowest BCUT2D eigenvalue weighted by Crippen LogP contribution is -2.52. The van der Waals surface area contributed by atoms with Gasteiger partial charge in [-0.25, -0.2) is 4.79 Å². The van der Waals surface area contributed by atoms with Crippen LogP contribution in [0.25, 0.3) is 0 Å². The van der Waals surface area contributed by atoms with Crippen molar-refractivity contribution < 1.29 is 42.7 Å². The van der Waals surface area contributed by atoms with Gasteiger partial charge in [0.15, 0.2) is 11.5 Å². The lowest BCUT2D eigenvalue weighted by Gasteiger charge is -2.39. The maximum absolute atomic E-state index is 14.9. The molecule has 2 aliphatic rings. The van der Waals surface area contributed by atoms with Crippen LogP contribution in [-0.2, 0) is 30.4 Å². The fourth-order valence-electron chi connectivity index (χ4n) is 7.20. The molecule has 0 aromatic heterocycles. The number of methoxy groups -OCH3 is 3. The minimum Gasteiger partial charge on any atom is -0.497 e. The number of ether oxygens (including phenoxy) is 7. The average molecular weight is 722 g/mol. The zero-order valence-corrected chi connectivity index (χ0v) is 31.6. The molecule has 52 heavy (non-hydrogen) atoms. The number of carbonyl (C=O) groups excluding carboxylic acids is 2. The normalized spacial score (nSPS) is 18.1. The number of likely N-dealkylation sites (tertiary alicyclic amines) is 1. The first-order valence-electron chi connectivity index (χ1n) is 18.8. The van der Waals surface area contributed by atoms with Gasteiger partial charge < -0.3 is 38.1 Å². The number of esters is 1. The summed E-state index contributed by atoms with van der Waals surface area (Å²) in [5, 5.41) is 0. The van der Waals surface area contributed by atoms with E-state index in [1.165, 1.54) is 0 Å². The van der Waals surface area contributed by atoms with Crippen LogP contribution in [-0.4, -0.2) is 82.7 Å². The van der Waals surface area contributed by atoms with Gasteiger partial charge in [-0.05, 0) is 80.3 Å². The zero-order valence-electron chi connectivity index (χ0n) is 31.6. The van der Waals surface area contributed by atoms with E-state index in [4.69, 9.17) is 33.2 Å². The molecule has 0 unspecified atom stereocenters. The Bertz CT molecular complexity index is 1420. The lowest BCUT2D eigenvalue weighted by molar-refractivity contribution is -0.164. The fourth-order valence-corrected chi connectivity index (χ4v) is 7.20. The van der Waals surface area contributed by atoms with Crippen molar-refractivity contribution in [3.8, 4) is 23.0 Å². The van der Waals surface area contributed by atoms with Crippen molar-refractivity contribution in [2.45, 2.75) is 102 Å². The number of rotatable bonds is 21. The number of piperidine rings is 1. The highest BCUT2D eigenvalue weighted by atomic mass is 16.6. The summed E-state index contributed by atoms with van der Waals surface area (Å²) in [5.41, 5.74) is 1.78. The first kappa shape index (κ1) is 40.7. The second-order valence-corrected chi connectivity index (χ2v) is 13.7. The van der Waals surface area contributed by atoms with Crippen LogP contribution >= 0.6 is 0 Å². The van der Waals surface area contributed by atoms with E-state index in [1.807, 2.05) is 43.3 Å². The van der Waals surface area contributed by atoms with Gasteiger partial charge in [-0.2, -0.15) is 0 Å². The van der Waals surface area contributed by atoms with E-state index in [1.54, 1.807) is 38.4 Å². The fraction of sp³-hybridized carbons (Fsp3) is 0.571. The monoisotopic (exact) mass is 721 g/mol. The molecule has 1 amide bonds. The van der Waals surface area contributed by atoms with Gasteiger partial charge in [0.25, 0.3) is 0 Å². The van der Waals surface area contributed by atoms with Gasteiger partial charge in [0.2, 0.25) is 11.7 Å². The van der Waals surface area contributed by atoms with E-state index < -0.39 is 24.0 Å². The maximum Gasteiger partial charge on any atom is 0.329 e. The van der Waals surface area contributed by atoms with Gasteiger partial charge >= 0.3 is 5.97 Å². The molecule has 4 atom stereocenters. The largest absolute Gasteiger partial charge is 0.497 e. The lowest BCUT2D eigenvalue weighted by atomic mass is 9.75. The standard InChI is InChI=1S/C42H59NO9/c1-7-14-35(29-49-28-31-18-20-34(46-4)21-19-31)52-42(45)36-17-12-13-23-43(36)41(44)39(32-15-10-9-11-16-32)33-26-37(47-5)40(48-6)38(27-33)51-25-22-30(3)50-24-8-2/h7-8,18-21,26-27,30,32,35-36,39H,1-2,9-17,22-25,28-29H2,3-6H3/t30-,35+,36+,39+/m1/s1. The highest BCUT2D eigenvalue weighted by Gasteiger charge is 2.41. The Morgan fingerprint density at radius 2 is 1.63 bits per heavy atom. The Balaban J connectivity index is 1.54. The number of nitrogens with zero attached hydrogens (tertiary/aromatic N) is 1. The van der Waals surface area contributed by atoms with Crippen molar-refractivity contribution in [3.63, 3.8) is 0 Å². The second-order valence-electron chi connectivity index (χ2n) is 13.7. The van der Waals surface area contributed by atoms with Gasteiger partial charge in [-0.1, -0.05) is 43.5 Å². The van der Waals surface area contributed by atoms with E-state index in [2.05, 4.69) is 13.2 Å². The first-order chi connectivity index (χ1) is 25.3. The number of hydrogen-bond donors (Lipinski definition) is 0. The topological polar surface area (TPSA) is 102 Å². The third kappa shape index (κ3) is 11.5. The summed E-state index contributed by atoms with van der Waals surface area (Å²) in [5.74, 6) is 1.42. The Labute approximate surface area is 310 Å². The van der Waals surface area contributed by atoms with E-state index in [0.717, 1.165) is 61.8 Å². The van der Waals surface area contributed by atoms with Crippen LogP contribution in [0.3, 0.4) is 0 Å². The predicted octanol–water partition coefficient (Wildman–Crippen LogP) is 7.82. The van der Waals surface area contributed by atoms with Crippen molar-refractivity contribution in [3.05, 3.63) is 72.8 Å². The van der Waals surface area contributed by atoms with E-state index in [0.29, 0.717) is 62.9 Å². The van der Waals surface area contributed by atoms with Crippen molar-refractivity contribution in [1.82, 2.24) is 4.90 Å². The van der Waals surface area contributed by atoms with E-state index >= 15 is 0 Å². The molecule has 0 spiro atoms. The summed E-state index contributed by atoms with van der Waals surface area (Å²) >= 11 is 0. The number of hydrogen-bond acceptors (Lipinski definition) is 9. The van der Waals surface area contributed by atoms with Gasteiger partial charge in [0, 0.05) is 19.4 Å². The van der Waals surface area contributed by atoms with Gasteiger partial charge in [-0.3, -0.25) is 4.79 Å². The van der Waals surface area contributed by atoms with Crippen molar-refractivity contribution in [2.24, 2.45) is 5.92 Å². The molecule has 2 aromatic carbocycles. The number of amides is 1. The van der Waals surface area contributed by atoms with E-state index in [-0.39, 0.29) is 24.5 Å². The molecule has 1 aliphatic carbocycles. The average Bonchev–Trinajstić information content (AvgIpc) is 3.17. The van der Waals surface area contributed by atoms with Crippen LogP contribution < -0.4 is 18.9 Å². The van der Waals surface area contributed by atoms with Crippen molar-refractivity contribution >= 4 is 11.9 Å². The molecular formula is C42H59NO9. The molecule has 1 saturated carbocycles. The highest BCUT2D eigenvalue weighted by molar-refractivity contribution is 5.89. The molecule has 0 bridgehead atoms. The molecule has 2 aromatic rings. The van der Waals surface area contributed by atoms with Crippen LogP contribution in [0.4, 0.5) is 0 Å². The van der Waals surface area contributed by atoms with E-state index in [9.17, 15) is 9.59 Å². The number of carbonyl (C=O) groups is 2. The Morgan fingerprint density at radius 3 is 2.31 bits per heavy atom. The molecule has 1 heterocycles. The molecule has 0 radical (unpaired) electrons. The SMILES string of the molecule is C=CCO[C@H](C)CCOc1cc([C@@H](C(=O)N2CCCC[C@H]2C(=O)O[C@@H](CC=C)COCc2ccc(OC)cc2)C2CCCCC2)cc(OC)c1OC. The third-order valence-electron chi connectivity index (χ3n) is 10.00. The molecule has 286 valence electrons. The summed E-state index contributed by atoms with van der Waals surface area (Å²) in [6.07, 6.45) is 11.3. The molecule has 1 aliphatic heterocycles. The molecule has 10 heteroatoms. The van der Waals surface area contributed by atoms with Crippen molar-refractivity contribution in [2.75, 3.05) is 47.7 Å². The summed E-state index contributed by atoms with van der Waals surface area (Å²) in [6.45, 7) is 11.5. The summed E-state index contributed by atoms with van der Waals surface area (Å²) in [4.78, 5) is 30.6. The van der Waals surface area contributed by atoms with Crippen LogP contribution in [0.2, 0.25) is 0 Å². The summed E-state index contributed by atoms with van der Waals surface area (Å²) < 4.78 is 40.8. The van der Waals surface area contributed by atoms with Gasteiger partial charge in [0.1, 0.15) is 17.9 Å². The van der Waals surface area contributed by atoms with Crippen LogP contribution in [0.5, 0.6) is 23.0 Å². The first-order valence-corrected chi connectivity index (χ1v) is 18.8. The smallest absolute Gasteiger partial charge is 0.329 e. The Hall–Kier alpha value is -4.02. The zero-order chi connectivity index (χ0) is 37.3. The predicted molar refractivity (Wildman–Crippen MR) is 201 cm³/mol. The molecule has 1 saturated heterocycles. The molecule has 0 N–H and O–H groups in total. The van der Waals surface area contributed by atoms with Gasteiger partial charge in [-0.15, -0.1) is 13.2 Å². The van der Waals surface area contributed by atoms with Crippen LogP contribution in [0.1, 0.15) is 88.2 Å². The second kappa shape index (κ2) is 21.5. The quantitative estimate of drug-likeness (QED) is 0.0943. The molecular weight excluding hydrogens is 662 g/mol. The minimum absolute atomic E-state index is 0.0208. The third-order valence-corrected chi connectivity index (χ3v) is 10.00. The van der Waals surface area contributed by atoms with Crippen molar-refractivity contribution in [1.29, 1.82) is 0 Å². The minimum atomic E-state index is -0.686. The molecule has 2 fully saturated rings. The molecule has 10 nitrogen and oxygen atoms in total. The Morgan fingerprint density at radius 1 is 0.904 bits per heavy atom.